The molecule has 0 fully saturated rings. The summed E-state index contributed by atoms with van der Waals surface area (Å²) in [6, 6.07) is 1.51. The number of alkyl halides is 4. The highest BCUT2D eigenvalue weighted by atomic mass is 32.1. The summed E-state index contributed by atoms with van der Waals surface area (Å²) in [4.78, 5) is 31.3. The van der Waals surface area contributed by atoms with Crippen LogP contribution in [0, 0.1) is 17.0 Å². The number of amides is 1. The van der Waals surface area contributed by atoms with E-state index in [-0.39, 0.29) is 27.3 Å². The van der Waals surface area contributed by atoms with E-state index in [9.17, 15) is 32.5 Å². The maximum atomic E-state index is 13.1. The number of ether oxygens (including phenoxy) is 2. The van der Waals surface area contributed by atoms with Crippen molar-refractivity contribution in [3.63, 3.8) is 0 Å². The molecular weight excluding hydrogens is 462 g/mol. The van der Waals surface area contributed by atoms with E-state index in [1.54, 1.807) is 0 Å². The molecule has 10 nitrogen and oxygen atoms in total. The van der Waals surface area contributed by atoms with Crippen molar-refractivity contribution < 1.29 is 36.8 Å². The van der Waals surface area contributed by atoms with Crippen molar-refractivity contribution in [2.75, 3.05) is 12.4 Å². The number of benzene rings is 1. The standard InChI is InChI=1S/C17H13F4N5O5S/c1-7-12(13-22-3-4-25(13)15(18)19)32-17(23-7)24-14(27)8-5-10(30-2)11(31-16(20)21)6-9(8)26(28)29/h3-6,15-16H,1-2H3,(H,23,24,27). The molecule has 0 atom stereocenters. The van der Waals surface area contributed by atoms with Crippen LogP contribution in [0.25, 0.3) is 10.7 Å². The molecular formula is C17H13F4N5O5S. The van der Waals surface area contributed by atoms with Crippen molar-refractivity contribution in [2.45, 2.75) is 20.1 Å². The van der Waals surface area contributed by atoms with E-state index in [0.29, 0.717) is 10.6 Å². The highest BCUT2D eigenvalue weighted by molar-refractivity contribution is 7.19. The zero-order valence-electron chi connectivity index (χ0n) is 16.2. The molecule has 0 unspecified atom stereocenters. The monoisotopic (exact) mass is 475 g/mol. The minimum absolute atomic E-state index is 0.0486. The third-order valence-corrected chi connectivity index (χ3v) is 5.11. The molecule has 2 heterocycles. The second kappa shape index (κ2) is 9.17. The molecule has 1 amide bonds. The number of nitro groups is 1. The van der Waals surface area contributed by atoms with E-state index in [1.165, 1.54) is 13.1 Å². The van der Waals surface area contributed by atoms with Crippen LogP contribution in [0.15, 0.2) is 24.5 Å². The summed E-state index contributed by atoms with van der Waals surface area (Å²) in [5, 5.41) is 13.7. The molecule has 0 aliphatic rings. The van der Waals surface area contributed by atoms with Gasteiger partial charge in [-0.1, -0.05) is 11.3 Å². The molecule has 0 saturated carbocycles. The fraction of sp³-hybridized carbons (Fsp3) is 0.235. The first-order valence-electron chi connectivity index (χ1n) is 8.53. The van der Waals surface area contributed by atoms with Gasteiger partial charge < -0.3 is 9.47 Å². The summed E-state index contributed by atoms with van der Waals surface area (Å²) in [6.07, 6.45) is 2.26. The molecule has 32 heavy (non-hydrogen) atoms. The molecule has 0 spiro atoms. The first kappa shape index (κ1) is 22.9. The molecule has 0 saturated heterocycles. The largest absolute Gasteiger partial charge is 0.493 e. The second-order valence-electron chi connectivity index (χ2n) is 5.98. The Balaban J connectivity index is 1.95. The number of rotatable bonds is 8. The summed E-state index contributed by atoms with van der Waals surface area (Å²) in [5.41, 5.74) is -1.05. The number of halogens is 4. The fourth-order valence-corrected chi connectivity index (χ4v) is 3.66. The Hall–Kier alpha value is -3.75. The lowest BCUT2D eigenvalue weighted by Crippen LogP contribution is -2.15. The van der Waals surface area contributed by atoms with Crippen LogP contribution in [0.1, 0.15) is 22.6 Å². The van der Waals surface area contributed by atoms with E-state index in [4.69, 9.17) is 4.74 Å². The minimum Gasteiger partial charge on any atom is -0.493 e. The maximum absolute atomic E-state index is 13.1. The molecule has 15 heteroatoms. The first-order valence-corrected chi connectivity index (χ1v) is 9.35. The van der Waals surface area contributed by atoms with Crippen LogP contribution in [-0.2, 0) is 0 Å². The van der Waals surface area contributed by atoms with Crippen LogP contribution in [0.4, 0.5) is 28.4 Å². The highest BCUT2D eigenvalue weighted by Crippen LogP contribution is 2.37. The molecule has 170 valence electrons. The third-order valence-electron chi connectivity index (χ3n) is 4.04. The average molecular weight is 475 g/mol. The van der Waals surface area contributed by atoms with Gasteiger partial charge in [-0.15, -0.1) is 0 Å². The van der Waals surface area contributed by atoms with E-state index >= 15 is 0 Å². The van der Waals surface area contributed by atoms with Crippen molar-refractivity contribution in [1.82, 2.24) is 14.5 Å². The molecule has 3 rings (SSSR count). The van der Waals surface area contributed by atoms with Crippen LogP contribution >= 0.6 is 11.3 Å². The summed E-state index contributed by atoms with van der Waals surface area (Å²) in [6.45, 7) is -4.62. The lowest BCUT2D eigenvalue weighted by Gasteiger charge is -2.11. The van der Waals surface area contributed by atoms with Crippen LogP contribution in [0.5, 0.6) is 11.5 Å². The Morgan fingerprint density at radius 3 is 2.59 bits per heavy atom. The fourth-order valence-electron chi connectivity index (χ4n) is 2.70. The Kier molecular flexibility index (Phi) is 6.57. The van der Waals surface area contributed by atoms with Crippen LogP contribution < -0.4 is 14.8 Å². The van der Waals surface area contributed by atoms with Crippen molar-refractivity contribution >= 4 is 28.1 Å². The molecule has 1 N–H and O–H groups in total. The molecule has 0 aliphatic heterocycles. The number of aromatic nitrogens is 3. The quantitative estimate of drug-likeness (QED) is 0.290. The number of thiazole rings is 1. The smallest absolute Gasteiger partial charge is 0.387 e. The molecule has 0 radical (unpaired) electrons. The van der Waals surface area contributed by atoms with Gasteiger partial charge in [0.15, 0.2) is 22.5 Å². The van der Waals surface area contributed by atoms with E-state index in [0.717, 1.165) is 30.7 Å². The van der Waals surface area contributed by atoms with Crippen molar-refractivity contribution in [1.29, 1.82) is 0 Å². The summed E-state index contributed by atoms with van der Waals surface area (Å²) < 4.78 is 61.1. The average Bonchev–Trinajstić information content (AvgIpc) is 3.33. The lowest BCUT2D eigenvalue weighted by molar-refractivity contribution is -0.385. The van der Waals surface area contributed by atoms with Gasteiger partial charge in [-0.3, -0.25) is 24.8 Å². The number of methoxy groups -OCH3 is 1. The number of anilines is 1. The van der Waals surface area contributed by atoms with Crippen molar-refractivity contribution in [3.8, 4) is 22.2 Å². The number of carbonyl (C=O) groups is 1. The van der Waals surface area contributed by atoms with E-state index in [2.05, 4.69) is 20.0 Å². The predicted molar refractivity (Wildman–Crippen MR) is 104 cm³/mol. The van der Waals surface area contributed by atoms with Crippen LogP contribution in [0.3, 0.4) is 0 Å². The number of nitrogens with one attached hydrogen (secondary N) is 1. The van der Waals surface area contributed by atoms with Gasteiger partial charge in [-0.25, -0.2) is 9.97 Å². The summed E-state index contributed by atoms with van der Waals surface area (Å²) in [5.74, 6) is -2.04. The van der Waals surface area contributed by atoms with Gasteiger partial charge in [0.1, 0.15) is 5.56 Å². The second-order valence-corrected chi connectivity index (χ2v) is 6.98. The Morgan fingerprint density at radius 2 is 2.00 bits per heavy atom. The SMILES string of the molecule is COc1cc(C(=O)Nc2nc(C)c(-c3nccn3C(F)F)s2)c([N+](=O)[O-])cc1OC(F)F. The molecule has 1 aromatic carbocycles. The molecule has 2 aromatic heterocycles. The number of hydrogen-bond acceptors (Lipinski definition) is 8. The third kappa shape index (κ3) is 4.61. The maximum Gasteiger partial charge on any atom is 0.387 e. The van der Waals surface area contributed by atoms with Gasteiger partial charge in [0, 0.05) is 18.5 Å². The number of aryl methyl sites for hydroxylation is 1. The van der Waals surface area contributed by atoms with Gasteiger partial charge in [0.25, 0.3) is 11.6 Å². The number of hydrogen-bond donors (Lipinski definition) is 1. The Labute approximate surface area is 180 Å². The molecule has 3 aromatic rings. The van der Waals surface area contributed by atoms with Crippen molar-refractivity contribution in [3.05, 3.63) is 45.9 Å². The Bertz CT molecular complexity index is 1170. The zero-order chi connectivity index (χ0) is 23.6. The normalized spacial score (nSPS) is 11.1. The summed E-state index contributed by atoms with van der Waals surface area (Å²) >= 11 is 0.823. The zero-order valence-corrected chi connectivity index (χ0v) is 17.0. The summed E-state index contributed by atoms with van der Waals surface area (Å²) in [7, 11) is 1.10. The van der Waals surface area contributed by atoms with Gasteiger partial charge in [0.2, 0.25) is 0 Å². The van der Waals surface area contributed by atoms with Crippen LogP contribution in [-0.4, -0.2) is 39.1 Å². The van der Waals surface area contributed by atoms with E-state index < -0.39 is 41.0 Å². The van der Waals surface area contributed by atoms with E-state index in [1.807, 2.05) is 0 Å². The number of imidazole rings is 1. The van der Waals surface area contributed by atoms with Crippen molar-refractivity contribution in [2.24, 2.45) is 0 Å². The predicted octanol–water partition coefficient (Wildman–Crippen LogP) is 4.48. The van der Waals surface area contributed by atoms with Crippen LogP contribution in [0.2, 0.25) is 0 Å². The van der Waals surface area contributed by atoms with Gasteiger partial charge >= 0.3 is 13.2 Å². The number of nitrogens with zero attached hydrogens (tertiary/aromatic N) is 4. The highest BCUT2D eigenvalue weighted by Gasteiger charge is 2.27. The van der Waals surface area contributed by atoms with Gasteiger partial charge in [-0.05, 0) is 6.92 Å². The number of nitro benzene ring substituents is 1. The first-order chi connectivity index (χ1) is 15.1. The topological polar surface area (TPSA) is 121 Å². The lowest BCUT2D eigenvalue weighted by atomic mass is 10.1. The number of carbonyl (C=O) groups excluding carboxylic acids is 1. The molecule has 0 aliphatic carbocycles. The van der Waals surface area contributed by atoms with Gasteiger partial charge in [-0.2, -0.15) is 17.6 Å². The Morgan fingerprint density at radius 1 is 1.28 bits per heavy atom. The minimum atomic E-state index is -3.28. The van der Waals surface area contributed by atoms with Gasteiger partial charge in [0.05, 0.1) is 28.7 Å². The molecule has 0 bridgehead atoms.